The van der Waals surface area contributed by atoms with E-state index < -0.39 is 66.8 Å². The van der Waals surface area contributed by atoms with Gasteiger partial charge in [0.25, 0.3) is 12.0 Å². The number of carbonyl (C=O) groups is 5. The number of aliphatic hydroxyl groups is 1. The molecule has 0 aromatic rings. The highest BCUT2D eigenvalue weighted by Crippen LogP contribution is 2.36. The molecule has 0 saturated carbocycles. The molecule has 1 aliphatic heterocycles. The number of ether oxygens (including phenoxy) is 5. The molecule has 0 radical (unpaired) electrons. The molecule has 13 heteroatoms. The average molecular weight is 434 g/mol. The summed E-state index contributed by atoms with van der Waals surface area (Å²) in [5.74, 6) is -3.63. The van der Waals surface area contributed by atoms with Crippen LogP contribution in [0.25, 0.3) is 0 Å². The first-order valence-electron chi connectivity index (χ1n) is 8.81. The van der Waals surface area contributed by atoms with Gasteiger partial charge in [-0.1, -0.05) is 0 Å². The van der Waals surface area contributed by atoms with Crippen molar-refractivity contribution in [3.8, 4) is 0 Å². The van der Waals surface area contributed by atoms with Crippen molar-refractivity contribution in [3.63, 3.8) is 0 Å². The van der Waals surface area contributed by atoms with Gasteiger partial charge in [-0.15, -0.1) is 0 Å². The molecule has 30 heavy (non-hydrogen) atoms. The second kappa shape index (κ2) is 10.2. The van der Waals surface area contributed by atoms with Gasteiger partial charge >= 0.3 is 29.9 Å². The van der Waals surface area contributed by atoms with Crippen LogP contribution in [-0.4, -0.2) is 90.9 Å². The van der Waals surface area contributed by atoms with Gasteiger partial charge in [0.15, 0.2) is 6.10 Å². The number of hydrogen-bond donors (Lipinski definition) is 2. The fourth-order valence-corrected chi connectivity index (χ4v) is 2.76. The van der Waals surface area contributed by atoms with E-state index in [0.717, 1.165) is 32.6 Å². The number of hydrogen-bond acceptors (Lipinski definition) is 11. The van der Waals surface area contributed by atoms with E-state index in [1.807, 2.05) is 0 Å². The Morgan fingerprint density at radius 1 is 0.933 bits per heavy atom. The minimum atomic E-state index is -2.45. The number of carbonyl (C=O) groups excluding carboxylic acids is 5. The highest BCUT2D eigenvalue weighted by molar-refractivity contribution is 5.76. The molecule has 1 saturated heterocycles. The number of nitrogens with one attached hydrogen (secondary N) is 1. The summed E-state index contributed by atoms with van der Waals surface area (Å²) in [5.41, 5.74) is -2.45. The molecule has 1 aliphatic rings. The quantitative estimate of drug-likeness (QED) is 0.288. The van der Waals surface area contributed by atoms with Crippen LogP contribution < -0.4 is 5.32 Å². The Bertz CT molecular complexity index is 695. The zero-order valence-electron chi connectivity index (χ0n) is 17.5. The molecule has 0 aliphatic carbocycles. The van der Waals surface area contributed by atoms with E-state index >= 15 is 0 Å². The molecule has 1 unspecified atom stereocenters. The second-order valence-corrected chi connectivity index (χ2v) is 6.61. The maximum atomic E-state index is 12.5. The minimum Gasteiger partial charge on any atom is -0.455 e. The second-order valence-electron chi connectivity index (χ2n) is 6.61. The zero-order valence-corrected chi connectivity index (χ0v) is 17.5. The van der Waals surface area contributed by atoms with Crippen LogP contribution in [0.3, 0.4) is 0 Å². The average Bonchev–Trinajstić information content (AvgIpc) is 2.58. The van der Waals surface area contributed by atoms with E-state index in [0.29, 0.717) is 0 Å². The lowest BCUT2D eigenvalue weighted by Gasteiger charge is -2.50. The molecule has 2 amide bonds. The van der Waals surface area contributed by atoms with Crippen LogP contribution in [0.4, 0.5) is 4.79 Å². The standard InChI is InChI=1S/C17H26N2O11/c1-8(21)26-13-12(7-20)29-15(28-10(3)23)17(30-11(4)24,14(13)27-9(2)22)18-16(25)19(5)6/h12-15,20H,7H2,1-6H3,(H,18,25)/t12-,13-,14+,15?,17-/m1/s1. The smallest absolute Gasteiger partial charge is 0.320 e. The Morgan fingerprint density at radius 3 is 1.87 bits per heavy atom. The fraction of sp³-hybridized carbons (Fsp3) is 0.706. The van der Waals surface area contributed by atoms with Gasteiger partial charge in [0, 0.05) is 41.8 Å². The zero-order chi connectivity index (χ0) is 23.2. The van der Waals surface area contributed by atoms with E-state index in [9.17, 15) is 29.1 Å². The highest BCUT2D eigenvalue weighted by Gasteiger charge is 2.65. The fourth-order valence-electron chi connectivity index (χ4n) is 2.76. The van der Waals surface area contributed by atoms with Gasteiger partial charge in [0.2, 0.25) is 6.10 Å². The van der Waals surface area contributed by atoms with E-state index in [1.165, 1.54) is 14.1 Å². The van der Waals surface area contributed by atoms with Crippen molar-refractivity contribution in [2.24, 2.45) is 0 Å². The lowest BCUT2D eigenvalue weighted by Crippen LogP contribution is -2.77. The van der Waals surface area contributed by atoms with E-state index in [1.54, 1.807) is 0 Å². The molecular formula is C17H26N2O11. The summed E-state index contributed by atoms with van der Waals surface area (Å²) >= 11 is 0. The van der Waals surface area contributed by atoms with Gasteiger partial charge in [-0.2, -0.15) is 0 Å². The van der Waals surface area contributed by atoms with E-state index in [2.05, 4.69) is 5.32 Å². The van der Waals surface area contributed by atoms with Crippen LogP contribution >= 0.6 is 0 Å². The van der Waals surface area contributed by atoms with Crippen molar-refractivity contribution < 1.29 is 52.8 Å². The highest BCUT2D eigenvalue weighted by atomic mass is 16.8. The number of rotatable bonds is 6. The van der Waals surface area contributed by atoms with Gasteiger partial charge in [0.1, 0.15) is 6.10 Å². The third kappa shape index (κ3) is 6.03. The van der Waals surface area contributed by atoms with Crippen molar-refractivity contribution in [1.29, 1.82) is 0 Å². The molecule has 1 heterocycles. The first-order valence-corrected chi connectivity index (χ1v) is 8.81. The van der Waals surface area contributed by atoms with Crippen LogP contribution in [0.2, 0.25) is 0 Å². The molecule has 1 fully saturated rings. The minimum absolute atomic E-state index is 0.759. The summed E-state index contributed by atoms with van der Waals surface area (Å²) in [6.07, 6.45) is -6.51. The maximum absolute atomic E-state index is 12.5. The number of esters is 4. The number of urea groups is 1. The Kier molecular flexibility index (Phi) is 8.54. The molecule has 0 aromatic carbocycles. The first kappa shape index (κ1) is 25.1. The summed E-state index contributed by atoms with van der Waals surface area (Å²) in [4.78, 5) is 60.6. The van der Waals surface area contributed by atoms with Crippen LogP contribution in [0.5, 0.6) is 0 Å². The largest absolute Gasteiger partial charge is 0.455 e. The topological polar surface area (TPSA) is 167 Å². The van der Waals surface area contributed by atoms with Gasteiger partial charge in [-0.3, -0.25) is 24.5 Å². The van der Waals surface area contributed by atoms with Crippen LogP contribution in [0, 0.1) is 0 Å². The predicted molar refractivity (Wildman–Crippen MR) is 95.3 cm³/mol. The number of aliphatic hydroxyl groups excluding tert-OH is 1. The summed E-state index contributed by atoms with van der Waals surface area (Å²) in [6.45, 7) is 3.30. The summed E-state index contributed by atoms with van der Waals surface area (Å²) < 4.78 is 26.2. The van der Waals surface area contributed by atoms with Crippen LogP contribution in [0.15, 0.2) is 0 Å². The summed E-state index contributed by atoms with van der Waals surface area (Å²) in [5, 5.41) is 12.0. The lowest BCUT2D eigenvalue weighted by atomic mass is 9.92. The molecule has 0 bridgehead atoms. The first-order chi connectivity index (χ1) is 13.8. The van der Waals surface area contributed by atoms with Crippen molar-refractivity contribution in [1.82, 2.24) is 10.2 Å². The van der Waals surface area contributed by atoms with E-state index in [4.69, 9.17) is 23.7 Å². The molecular weight excluding hydrogens is 408 g/mol. The normalized spacial score (nSPS) is 28.0. The number of nitrogens with zero attached hydrogens (tertiary/aromatic N) is 1. The predicted octanol–water partition coefficient (Wildman–Crippen LogP) is -1.34. The monoisotopic (exact) mass is 434 g/mol. The van der Waals surface area contributed by atoms with E-state index in [-0.39, 0.29) is 0 Å². The van der Waals surface area contributed by atoms with Crippen molar-refractivity contribution in [3.05, 3.63) is 0 Å². The molecule has 2 N–H and O–H groups in total. The molecule has 0 spiro atoms. The number of amides is 2. The SMILES string of the molecule is CC(=O)OC1O[C@H](CO)[C@@H](OC(C)=O)[C@H](OC(C)=O)[C@@]1(NC(=O)N(C)C)OC(C)=O. The van der Waals surface area contributed by atoms with Crippen molar-refractivity contribution >= 4 is 29.9 Å². The van der Waals surface area contributed by atoms with Crippen molar-refractivity contribution in [2.75, 3.05) is 20.7 Å². The Hall–Kier alpha value is -2.93. The van der Waals surface area contributed by atoms with Gasteiger partial charge in [0.05, 0.1) is 6.61 Å². The molecule has 170 valence electrons. The van der Waals surface area contributed by atoms with Gasteiger partial charge in [-0.05, 0) is 0 Å². The maximum Gasteiger partial charge on any atom is 0.320 e. The van der Waals surface area contributed by atoms with Crippen molar-refractivity contribution in [2.45, 2.75) is 58.0 Å². The van der Waals surface area contributed by atoms with Crippen LogP contribution in [0.1, 0.15) is 27.7 Å². The Morgan fingerprint density at radius 2 is 1.47 bits per heavy atom. The van der Waals surface area contributed by atoms with Gasteiger partial charge < -0.3 is 33.7 Å². The van der Waals surface area contributed by atoms with Gasteiger partial charge in [-0.25, -0.2) is 4.79 Å². The Labute approximate surface area is 172 Å². The van der Waals surface area contributed by atoms with Crippen LogP contribution in [-0.2, 0) is 42.9 Å². The lowest BCUT2D eigenvalue weighted by molar-refractivity contribution is -0.341. The molecule has 5 atom stereocenters. The Balaban J connectivity index is 3.72. The molecule has 0 aromatic heterocycles. The summed E-state index contributed by atoms with van der Waals surface area (Å²) in [7, 11) is 2.73. The molecule has 13 nitrogen and oxygen atoms in total. The molecule has 1 rings (SSSR count). The third-order valence-electron chi connectivity index (χ3n) is 3.81. The summed E-state index contributed by atoms with van der Waals surface area (Å²) in [6, 6.07) is -0.849. The third-order valence-corrected chi connectivity index (χ3v) is 3.81.